The van der Waals surface area contributed by atoms with Crippen molar-refractivity contribution in [1.82, 2.24) is 9.97 Å². The van der Waals surface area contributed by atoms with Gasteiger partial charge in [-0.1, -0.05) is 42.5 Å². The second-order valence-corrected chi connectivity index (χ2v) is 9.04. The zero-order chi connectivity index (χ0) is 26.3. The van der Waals surface area contributed by atoms with Gasteiger partial charge in [0.05, 0.1) is 16.2 Å². The van der Waals surface area contributed by atoms with Crippen LogP contribution in [0.5, 0.6) is 0 Å². The molecular weight excluding hydrogens is 510 g/mol. The molecule has 12 heteroatoms. The summed E-state index contributed by atoms with van der Waals surface area (Å²) < 4.78 is 112. The van der Waals surface area contributed by atoms with Crippen molar-refractivity contribution in [3.8, 4) is 33.8 Å². The number of hydrogen-bond acceptors (Lipinski definition) is 4. The lowest BCUT2D eigenvalue weighted by Crippen LogP contribution is -2.10. The Balaban J connectivity index is 1.82. The second kappa shape index (κ2) is 9.03. The normalized spacial score (nSPS) is 12.5. The Morgan fingerprint density at radius 2 is 1.22 bits per heavy atom. The minimum Gasteiger partial charge on any atom is -0.282 e. The molecule has 1 aromatic heterocycles. The first-order valence-corrected chi connectivity index (χ1v) is 11.5. The maximum atomic E-state index is 13.6. The Hall–Kier alpha value is -3.77. The fraction of sp³-hybridized carbons (Fsp3) is 0.0833. The highest BCUT2D eigenvalue weighted by molar-refractivity contribution is 7.85. The number of hydrogen-bond donors (Lipinski definition) is 1. The van der Waals surface area contributed by atoms with Crippen LogP contribution >= 0.6 is 0 Å². The van der Waals surface area contributed by atoms with Gasteiger partial charge in [0.2, 0.25) is 0 Å². The molecule has 0 aliphatic carbocycles. The van der Waals surface area contributed by atoms with Crippen LogP contribution in [-0.4, -0.2) is 22.9 Å². The van der Waals surface area contributed by atoms with E-state index in [0.717, 1.165) is 24.3 Å². The molecule has 0 saturated heterocycles. The molecule has 4 aromatic rings. The maximum absolute atomic E-state index is 13.6. The van der Waals surface area contributed by atoms with Gasteiger partial charge in [0.15, 0.2) is 5.82 Å². The summed E-state index contributed by atoms with van der Waals surface area (Å²) >= 11 is 0. The number of aromatic nitrogens is 2. The summed E-state index contributed by atoms with van der Waals surface area (Å²) in [4.78, 5) is 7.37. The third-order valence-electron chi connectivity index (χ3n) is 5.11. The number of benzene rings is 3. The molecule has 0 unspecified atom stereocenters. The average molecular weight is 524 g/mol. The molecule has 0 aliphatic heterocycles. The topological polar surface area (TPSA) is 80.2 Å². The summed E-state index contributed by atoms with van der Waals surface area (Å²) in [7, 11) is -4.49. The van der Waals surface area contributed by atoms with Crippen molar-refractivity contribution in [3.63, 3.8) is 0 Å². The van der Waals surface area contributed by atoms with Crippen molar-refractivity contribution in [3.05, 3.63) is 90.1 Å². The number of alkyl halides is 6. The van der Waals surface area contributed by atoms with Gasteiger partial charge in [0, 0.05) is 11.1 Å². The van der Waals surface area contributed by atoms with Crippen molar-refractivity contribution in [2.45, 2.75) is 17.2 Å². The number of nitrogens with zero attached hydrogens (tertiary/aromatic N) is 2. The van der Waals surface area contributed by atoms with Gasteiger partial charge in [-0.2, -0.15) is 34.8 Å². The van der Waals surface area contributed by atoms with E-state index >= 15 is 0 Å². The largest absolute Gasteiger partial charge is 0.433 e. The molecule has 36 heavy (non-hydrogen) atoms. The molecule has 0 atom stereocenters. The minimum atomic E-state index is -4.86. The SMILES string of the molecule is O=S(=O)(O)c1cccc(-c2cccc(-c3nc(-c4ccc(C(F)(F)F)cc4)cc(C(F)(F)F)n3)c2)c1. The molecule has 3 aromatic carbocycles. The molecule has 4 rings (SSSR count). The van der Waals surface area contributed by atoms with Gasteiger partial charge in [-0.25, -0.2) is 9.97 Å². The van der Waals surface area contributed by atoms with Crippen LogP contribution in [0.3, 0.4) is 0 Å². The molecule has 0 saturated carbocycles. The van der Waals surface area contributed by atoms with Crippen LogP contribution in [0.4, 0.5) is 26.3 Å². The fourth-order valence-electron chi connectivity index (χ4n) is 3.37. The molecule has 0 spiro atoms. The van der Waals surface area contributed by atoms with Crippen LogP contribution in [0.15, 0.2) is 83.8 Å². The Labute approximate surface area is 200 Å². The summed E-state index contributed by atoms with van der Waals surface area (Å²) in [6.07, 6.45) is -9.47. The first-order valence-electron chi connectivity index (χ1n) is 10.0. The predicted molar refractivity (Wildman–Crippen MR) is 118 cm³/mol. The van der Waals surface area contributed by atoms with Crippen LogP contribution in [0.2, 0.25) is 0 Å². The molecule has 1 N–H and O–H groups in total. The first kappa shape index (κ1) is 25.3. The predicted octanol–water partition coefficient (Wildman–Crippen LogP) is 6.76. The Kier molecular flexibility index (Phi) is 6.35. The van der Waals surface area contributed by atoms with E-state index < -0.39 is 33.7 Å². The van der Waals surface area contributed by atoms with Gasteiger partial charge in [-0.3, -0.25) is 4.55 Å². The lowest BCUT2D eigenvalue weighted by Gasteiger charge is -2.12. The zero-order valence-corrected chi connectivity index (χ0v) is 18.7. The number of rotatable bonds is 4. The van der Waals surface area contributed by atoms with Gasteiger partial charge in [0.1, 0.15) is 5.69 Å². The van der Waals surface area contributed by atoms with Crippen LogP contribution in [-0.2, 0) is 22.5 Å². The second-order valence-electron chi connectivity index (χ2n) is 7.62. The maximum Gasteiger partial charge on any atom is 0.433 e. The van der Waals surface area contributed by atoms with E-state index in [4.69, 9.17) is 0 Å². The standard InChI is InChI=1S/C24H14F6N2O3S/c25-23(26,27)18-9-7-14(8-10-18)20-13-21(24(28,29)30)32-22(31-20)17-5-1-3-15(11-17)16-4-2-6-19(12-16)36(33,34)35/h1-13H,(H,33,34,35). The highest BCUT2D eigenvalue weighted by Crippen LogP contribution is 2.35. The molecule has 0 bridgehead atoms. The lowest BCUT2D eigenvalue weighted by atomic mass is 10.0. The summed E-state index contributed by atoms with van der Waals surface area (Å²) in [5, 5.41) is 0. The Bertz CT molecular complexity index is 1530. The van der Waals surface area contributed by atoms with Gasteiger partial charge in [-0.15, -0.1) is 0 Å². The minimum absolute atomic E-state index is 0.0224. The highest BCUT2D eigenvalue weighted by atomic mass is 32.2. The smallest absolute Gasteiger partial charge is 0.282 e. The van der Waals surface area contributed by atoms with E-state index in [1.54, 1.807) is 6.07 Å². The molecule has 5 nitrogen and oxygen atoms in total. The van der Waals surface area contributed by atoms with Crippen molar-refractivity contribution in [2.75, 3.05) is 0 Å². The molecule has 0 amide bonds. The summed E-state index contributed by atoms with van der Waals surface area (Å²) in [5.74, 6) is -0.340. The molecular formula is C24H14F6N2O3S. The van der Waals surface area contributed by atoms with E-state index in [-0.39, 0.29) is 27.5 Å². The van der Waals surface area contributed by atoms with E-state index in [0.29, 0.717) is 17.2 Å². The van der Waals surface area contributed by atoms with E-state index in [9.17, 15) is 39.3 Å². The molecule has 0 fully saturated rings. The van der Waals surface area contributed by atoms with E-state index in [1.807, 2.05) is 0 Å². The van der Waals surface area contributed by atoms with Gasteiger partial charge < -0.3 is 0 Å². The van der Waals surface area contributed by atoms with Gasteiger partial charge in [-0.05, 0) is 47.5 Å². The third kappa shape index (κ3) is 5.55. The van der Waals surface area contributed by atoms with Crippen LogP contribution < -0.4 is 0 Å². The van der Waals surface area contributed by atoms with Crippen molar-refractivity contribution < 1.29 is 39.3 Å². The summed E-state index contributed by atoms with van der Waals surface area (Å²) in [6.45, 7) is 0. The van der Waals surface area contributed by atoms with Crippen molar-refractivity contribution in [2.24, 2.45) is 0 Å². The summed E-state index contributed by atoms with van der Waals surface area (Å²) in [5.41, 5.74) is -1.58. The zero-order valence-electron chi connectivity index (χ0n) is 17.8. The van der Waals surface area contributed by atoms with Crippen molar-refractivity contribution in [1.29, 1.82) is 0 Å². The van der Waals surface area contributed by atoms with Crippen LogP contribution in [0.25, 0.3) is 33.8 Å². The highest BCUT2D eigenvalue weighted by Gasteiger charge is 2.34. The summed E-state index contributed by atoms with van der Waals surface area (Å²) in [6, 6.07) is 15.4. The van der Waals surface area contributed by atoms with Crippen LogP contribution in [0.1, 0.15) is 11.3 Å². The Morgan fingerprint density at radius 1 is 0.639 bits per heavy atom. The average Bonchev–Trinajstić information content (AvgIpc) is 2.82. The van der Waals surface area contributed by atoms with Crippen LogP contribution in [0, 0.1) is 0 Å². The molecule has 0 aliphatic rings. The first-order chi connectivity index (χ1) is 16.7. The monoisotopic (exact) mass is 524 g/mol. The fourth-order valence-corrected chi connectivity index (χ4v) is 3.90. The molecule has 0 radical (unpaired) electrons. The molecule has 186 valence electrons. The quantitative estimate of drug-likeness (QED) is 0.236. The van der Waals surface area contributed by atoms with Crippen molar-refractivity contribution >= 4 is 10.1 Å². The van der Waals surface area contributed by atoms with E-state index in [1.165, 1.54) is 42.5 Å². The Morgan fingerprint density at radius 3 is 1.81 bits per heavy atom. The third-order valence-corrected chi connectivity index (χ3v) is 5.96. The molecule has 1 heterocycles. The lowest BCUT2D eigenvalue weighted by molar-refractivity contribution is -0.141. The number of halogens is 6. The van der Waals surface area contributed by atoms with Gasteiger partial charge in [0.25, 0.3) is 10.1 Å². The van der Waals surface area contributed by atoms with Gasteiger partial charge >= 0.3 is 12.4 Å². The van der Waals surface area contributed by atoms with E-state index in [2.05, 4.69) is 9.97 Å².